The molecular formula is C15H33NO5S. The Hall–Kier alpha value is -0.500. The van der Waals surface area contributed by atoms with E-state index >= 15 is 0 Å². The number of hydrogen-bond donors (Lipinski definition) is 2. The van der Waals surface area contributed by atoms with Crippen molar-refractivity contribution in [3.8, 4) is 0 Å². The van der Waals surface area contributed by atoms with E-state index in [0.717, 1.165) is 0 Å². The van der Waals surface area contributed by atoms with Crippen LogP contribution in [0, 0.1) is 5.41 Å². The minimum absolute atomic E-state index is 0. The summed E-state index contributed by atoms with van der Waals surface area (Å²) in [6.07, 6.45) is 0.327. The highest BCUT2D eigenvalue weighted by Crippen LogP contribution is 2.28. The second kappa shape index (κ2) is 8.38. The number of carbonyl (C=O) groups is 1. The molecule has 0 aliphatic rings. The molecule has 0 heterocycles. The number of rotatable bonds is 6. The maximum absolute atomic E-state index is 12.4. The number of esters is 1. The van der Waals surface area contributed by atoms with Crippen molar-refractivity contribution in [3.63, 3.8) is 0 Å². The summed E-state index contributed by atoms with van der Waals surface area (Å²) in [5.41, 5.74) is -1.47. The van der Waals surface area contributed by atoms with Crippen molar-refractivity contribution in [2.75, 3.05) is 6.61 Å². The first-order valence-corrected chi connectivity index (χ1v) is 8.39. The summed E-state index contributed by atoms with van der Waals surface area (Å²) in [4.78, 5) is 12.4. The molecule has 6 nitrogen and oxygen atoms in total. The van der Waals surface area contributed by atoms with Crippen LogP contribution in [0.5, 0.6) is 0 Å². The molecule has 4 N–H and O–H groups in total. The summed E-state index contributed by atoms with van der Waals surface area (Å²) in [5, 5.41) is 9.24. The average molecular weight is 339 g/mol. The molecule has 0 aromatic rings. The van der Waals surface area contributed by atoms with Gasteiger partial charge in [-0.3, -0.25) is 4.79 Å². The van der Waals surface area contributed by atoms with Crippen LogP contribution >= 0.6 is 0 Å². The van der Waals surface area contributed by atoms with Gasteiger partial charge in [-0.25, -0.2) is 8.93 Å². The number of carbonyl (C=O) groups excluding carboxylic acids is 1. The average Bonchev–Trinajstić information content (AvgIpc) is 2.24. The normalized spacial score (nSPS) is 15.7. The molecule has 0 saturated carbocycles. The third kappa shape index (κ3) is 7.67. The molecule has 134 valence electrons. The van der Waals surface area contributed by atoms with E-state index in [0.29, 0.717) is 6.42 Å². The van der Waals surface area contributed by atoms with Crippen LogP contribution in [0.1, 0.15) is 61.8 Å². The first-order valence-electron chi connectivity index (χ1n) is 7.24. The van der Waals surface area contributed by atoms with Crippen LogP contribution < -0.4 is 4.72 Å². The van der Waals surface area contributed by atoms with Crippen molar-refractivity contribution in [1.82, 2.24) is 4.72 Å². The Morgan fingerprint density at radius 2 is 1.59 bits per heavy atom. The lowest BCUT2D eigenvalue weighted by molar-refractivity contribution is -0.167. The number of nitrogens with one attached hydrogen (secondary N) is 1. The molecule has 0 rings (SSSR count). The highest BCUT2D eigenvalue weighted by Gasteiger charge is 2.41. The zero-order valence-electron chi connectivity index (χ0n) is 15.1. The first-order chi connectivity index (χ1) is 9.21. The fraction of sp³-hybridized carbons (Fsp3) is 0.933. The molecule has 0 aromatic carbocycles. The first kappa shape index (κ1) is 23.8. The SMILES string of the molecule is CC(C)(C)OC(=O)C(C)(C)[C@@H](CCO)N[S@@](=O)C(C)(C)C.O. The lowest BCUT2D eigenvalue weighted by Gasteiger charge is -2.36. The molecule has 0 spiro atoms. The monoisotopic (exact) mass is 339 g/mol. The Kier molecular flexibility index (Phi) is 9.05. The number of hydrogen-bond acceptors (Lipinski definition) is 4. The third-order valence-corrected chi connectivity index (χ3v) is 4.63. The maximum Gasteiger partial charge on any atom is 0.313 e. The van der Waals surface area contributed by atoms with Crippen LogP contribution in [-0.2, 0) is 20.5 Å². The van der Waals surface area contributed by atoms with Gasteiger partial charge in [0.2, 0.25) is 0 Å². The molecule has 0 unspecified atom stereocenters. The molecule has 0 amide bonds. The molecule has 0 fully saturated rings. The lowest BCUT2D eigenvalue weighted by Crippen LogP contribution is -2.52. The Morgan fingerprint density at radius 1 is 1.14 bits per heavy atom. The van der Waals surface area contributed by atoms with Crippen LogP contribution in [0.4, 0.5) is 0 Å². The van der Waals surface area contributed by atoms with E-state index in [1.54, 1.807) is 13.8 Å². The number of ether oxygens (including phenoxy) is 1. The highest BCUT2D eigenvalue weighted by atomic mass is 32.2. The minimum Gasteiger partial charge on any atom is -0.460 e. The van der Waals surface area contributed by atoms with E-state index in [2.05, 4.69) is 4.72 Å². The predicted octanol–water partition coefficient (Wildman–Crippen LogP) is 1.33. The van der Waals surface area contributed by atoms with Crippen LogP contribution in [0.25, 0.3) is 0 Å². The summed E-state index contributed by atoms with van der Waals surface area (Å²) >= 11 is 0. The number of aliphatic hydroxyl groups is 1. The van der Waals surface area contributed by atoms with Gasteiger partial charge in [-0.15, -0.1) is 0 Å². The Labute approximate surface area is 136 Å². The summed E-state index contributed by atoms with van der Waals surface area (Å²) < 4.78 is 20.2. The Bertz CT molecular complexity index is 382. The van der Waals surface area contributed by atoms with Crippen molar-refractivity contribution < 1.29 is 24.3 Å². The van der Waals surface area contributed by atoms with Gasteiger partial charge in [0.1, 0.15) is 5.60 Å². The molecule has 22 heavy (non-hydrogen) atoms. The van der Waals surface area contributed by atoms with Gasteiger partial charge in [-0.2, -0.15) is 0 Å². The molecule has 0 aliphatic heterocycles. The van der Waals surface area contributed by atoms with Crippen molar-refractivity contribution in [2.45, 2.75) is 78.2 Å². The zero-order valence-corrected chi connectivity index (χ0v) is 15.9. The molecule has 0 radical (unpaired) electrons. The van der Waals surface area contributed by atoms with Gasteiger partial charge in [0.25, 0.3) is 0 Å². The zero-order chi connectivity index (χ0) is 17.1. The van der Waals surface area contributed by atoms with Gasteiger partial charge in [-0.1, -0.05) is 0 Å². The van der Waals surface area contributed by atoms with Gasteiger partial charge >= 0.3 is 5.97 Å². The van der Waals surface area contributed by atoms with E-state index in [4.69, 9.17) is 4.74 Å². The number of aliphatic hydroxyl groups excluding tert-OH is 1. The summed E-state index contributed by atoms with van der Waals surface area (Å²) in [6, 6.07) is -0.433. The van der Waals surface area contributed by atoms with Crippen molar-refractivity contribution in [3.05, 3.63) is 0 Å². The molecule has 0 aromatic heterocycles. The predicted molar refractivity (Wildman–Crippen MR) is 89.8 cm³/mol. The van der Waals surface area contributed by atoms with E-state index in [9.17, 15) is 14.1 Å². The molecular weight excluding hydrogens is 306 g/mol. The van der Waals surface area contributed by atoms with Gasteiger partial charge < -0.3 is 15.3 Å². The fourth-order valence-electron chi connectivity index (χ4n) is 1.55. The van der Waals surface area contributed by atoms with Crippen LogP contribution in [0.3, 0.4) is 0 Å². The summed E-state index contributed by atoms with van der Waals surface area (Å²) in [5.74, 6) is -0.369. The fourth-order valence-corrected chi connectivity index (χ4v) is 2.58. The summed E-state index contributed by atoms with van der Waals surface area (Å²) in [7, 11) is -1.32. The molecule has 2 atom stereocenters. The topological polar surface area (TPSA) is 107 Å². The third-order valence-electron chi connectivity index (χ3n) is 3.02. The second-order valence-corrected chi connectivity index (χ2v) is 9.79. The summed E-state index contributed by atoms with van der Waals surface area (Å²) in [6.45, 7) is 14.4. The van der Waals surface area contributed by atoms with Gasteiger partial charge in [-0.05, 0) is 61.8 Å². The van der Waals surface area contributed by atoms with Crippen LogP contribution in [0.15, 0.2) is 0 Å². The van der Waals surface area contributed by atoms with Gasteiger partial charge in [0.15, 0.2) is 0 Å². The van der Waals surface area contributed by atoms with Gasteiger partial charge in [0, 0.05) is 12.6 Å². The largest absolute Gasteiger partial charge is 0.460 e. The van der Waals surface area contributed by atoms with Crippen molar-refractivity contribution >= 4 is 17.0 Å². The van der Waals surface area contributed by atoms with Crippen molar-refractivity contribution in [1.29, 1.82) is 0 Å². The molecule has 0 bridgehead atoms. The van der Waals surface area contributed by atoms with Crippen LogP contribution in [-0.4, -0.2) is 43.8 Å². The van der Waals surface area contributed by atoms with E-state index in [-0.39, 0.29) is 18.1 Å². The quantitative estimate of drug-likeness (QED) is 0.712. The standard InChI is InChI=1S/C15H31NO4S.H2O/c1-13(2,3)20-12(18)15(7,8)11(9-10-17)16-21(19)14(4,5)6;/h11,16-17H,9-10H2,1-8H3;1H2/t11-,21+;/m1./s1. The Balaban J connectivity index is 0. The molecule has 0 aliphatic carbocycles. The van der Waals surface area contributed by atoms with Gasteiger partial charge in [0.05, 0.1) is 21.1 Å². The minimum atomic E-state index is -1.32. The highest BCUT2D eigenvalue weighted by molar-refractivity contribution is 7.84. The molecule has 0 saturated heterocycles. The van der Waals surface area contributed by atoms with E-state index < -0.39 is 32.8 Å². The Morgan fingerprint density at radius 3 is 1.91 bits per heavy atom. The smallest absolute Gasteiger partial charge is 0.313 e. The van der Waals surface area contributed by atoms with E-state index in [1.807, 2.05) is 41.5 Å². The van der Waals surface area contributed by atoms with Crippen molar-refractivity contribution in [2.24, 2.45) is 5.41 Å². The second-order valence-electron chi connectivity index (χ2n) is 7.79. The van der Waals surface area contributed by atoms with E-state index in [1.165, 1.54) is 0 Å². The molecule has 7 heteroatoms. The maximum atomic E-state index is 12.4. The van der Waals surface area contributed by atoms with Crippen LogP contribution in [0.2, 0.25) is 0 Å². The lowest BCUT2D eigenvalue weighted by atomic mass is 9.83.